The fourth-order valence-electron chi connectivity index (χ4n) is 3.76. The van der Waals surface area contributed by atoms with Gasteiger partial charge in [0.1, 0.15) is 0 Å². The standard InChI is InChI=1S/C19H13BrOS.C12H10S.C7H4BrClO/c20-16-10-6-14(7-11-16)19(21)15-8-12-18(13-9-15)22-17-4-2-1-3-5-17;1-3-7-11(8-4-1)13-12-9-5-2-6-10-12;8-6-3-1-5(2-4-6)7(9)10/h1-13H;1-10H;1-4H. The van der Waals surface area contributed by atoms with Crippen molar-refractivity contribution in [3.63, 3.8) is 0 Å². The van der Waals surface area contributed by atoms with E-state index < -0.39 is 5.24 Å². The van der Waals surface area contributed by atoms with Crippen LogP contribution in [0.15, 0.2) is 192 Å². The SMILES string of the molecule is O=C(Cl)c1ccc(Br)cc1.O=C(c1ccc(Br)cc1)c1ccc(Sc2ccccc2)cc1.c1ccc(Sc2ccccc2)cc1. The lowest BCUT2D eigenvalue weighted by Crippen LogP contribution is -2.00. The van der Waals surface area contributed by atoms with E-state index in [0.717, 1.165) is 13.8 Å². The monoisotopic (exact) mass is 772 g/mol. The van der Waals surface area contributed by atoms with Crippen molar-refractivity contribution in [2.75, 3.05) is 0 Å². The number of halogens is 3. The zero-order valence-corrected chi connectivity index (χ0v) is 29.4. The third-order valence-corrected chi connectivity index (χ3v) is 9.30. The van der Waals surface area contributed by atoms with Crippen LogP contribution in [0.5, 0.6) is 0 Å². The Labute approximate surface area is 294 Å². The Balaban J connectivity index is 0.000000170. The number of carbonyl (C=O) groups is 2. The first-order chi connectivity index (χ1) is 21.9. The van der Waals surface area contributed by atoms with Gasteiger partial charge in [-0.3, -0.25) is 9.59 Å². The molecule has 0 amide bonds. The van der Waals surface area contributed by atoms with Crippen LogP contribution in [0.1, 0.15) is 26.3 Å². The van der Waals surface area contributed by atoms with Crippen LogP contribution >= 0.6 is 67.0 Å². The van der Waals surface area contributed by atoms with Gasteiger partial charge in [0.15, 0.2) is 5.78 Å². The summed E-state index contributed by atoms with van der Waals surface area (Å²) >= 11 is 15.3. The lowest BCUT2D eigenvalue weighted by atomic mass is 10.0. The van der Waals surface area contributed by atoms with Crippen molar-refractivity contribution in [3.05, 3.63) is 189 Å². The van der Waals surface area contributed by atoms with Crippen LogP contribution in [0.3, 0.4) is 0 Å². The zero-order valence-electron chi connectivity index (χ0n) is 23.9. The predicted octanol–water partition coefficient (Wildman–Crippen LogP) is 12.5. The summed E-state index contributed by atoms with van der Waals surface area (Å²) in [6.45, 7) is 0. The topological polar surface area (TPSA) is 34.1 Å². The number of carbonyl (C=O) groups excluding carboxylic acids is 2. The molecule has 6 rings (SSSR count). The maximum absolute atomic E-state index is 12.4. The molecule has 0 saturated heterocycles. The Morgan fingerprint density at radius 1 is 0.400 bits per heavy atom. The molecule has 6 aromatic rings. The van der Waals surface area contributed by atoms with Gasteiger partial charge in [-0.05, 0) is 121 Å². The van der Waals surface area contributed by atoms with E-state index in [-0.39, 0.29) is 5.78 Å². The maximum atomic E-state index is 12.4. The van der Waals surface area contributed by atoms with E-state index >= 15 is 0 Å². The summed E-state index contributed by atoms with van der Waals surface area (Å²) in [6, 6.07) is 53.1. The lowest BCUT2D eigenvalue weighted by molar-refractivity contribution is 0.103. The summed E-state index contributed by atoms with van der Waals surface area (Å²) in [7, 11) is 0. The number of hydrogen-bond acceptors (Lipinski definition) is 4. The van der Waals surface area contributed by atoms with E-state index in [4.69, 9.17) is 11.6 Å². The van der Waals surface area contributed by atoms with Crippen LogP contribution in [-0.2, 0) is 0 Å². The first kappa shape index (κ1) is 34.5. The highest BCUT2D eigenvalue weighted by atomic mass is 79.9. The maximum Gasteiger partial charge on any atom is 0.252 e. The molecule has 2 nitrogen and oxygen atoms in total. The van der Waals surface area contributed by atoms with Crippen molar-refractivity contribution in [2.45, 2.75) is 19.6 Å². The molecular weight excluding hydrogens is 748 g/mol. The van der Waals surface area contributed by atoms with Crippen LogP contribution < -0.4 is 0 Å². The van der Waals surface area contributed by atoms with Crippen LogP contribution in [0, 0.1) is 0 Å². The molecule has 0 aliphatic rings. The molecule has 0 N–H and O–H groups in total. The molecule has 0 fully saturated rings. The largest absolute Gasteiger partial charge is 0.289 e. The van der Waals surface area contributed by atoms with Gasteiger partial charge in [-0.15, -0.1) is 0 Å². The molecule has 6 aromatic carbocycles. The molecule has 0 aromatic heterocycles. The second kappa shape index (κ2) is 18.5. The fraction of sp³-hybridized carbons (Fsp3) is 0. The molecule has 0 aliphatic heterocycles. The molecule has 0 bridgehead atoms. The summed E-state index contributed by atoms with van der Waals surface area (Å²) in [4.78, 5) is 27.8. The van der Waals surface area contributed by atoms with Crippen molar-refractivity contribution < 1.29 is 9.59 Å². The van der Waals surface area contributed by atoms with Crippen LogP contribution in [0.25, 0.3) is 0 Å². The summed E-state index contributed by atoms with van der Waals surface area (Å²) in [5.74, 6) is 0.0451. The molecule has 0 spiro atoms. The minimum Gasteiger partial charge on any atom is -0.289 e. The van der Waals surface area contributed by atoms with E-state index in [0.29, 0.717) is 16.7 Å². The average Bonchev–Trinajstić information content (AvgIpc) is 3.07. The average molecular weight is 775 g/mol. The molecular formula is C38H27Br2ClO2S2. The quantitative estimate of drug-likeness (QED) is 0.119. The number of rotatable bonds is 7. The third kappa shape index (κ3) is 12.1. The fourth-order valence-corrected chi connectivity index (χ4v) is 6.11. The normalized spacial score (nSPS) is 10.0. The highest BCUT2D eigenvalue weighted by Gasteiger charge is 2.09. The highest BCUT2D eigenvalue weighted by molar-refractivity contribution is 9.10. The molecule has 0 aliphatic carbocycles. The lowest BCUT2D eigenvalue weighted by Gasteiger charge is -2.04. The first-order valence-corrected chi connectivity index (χ1v) is 17.3. The van der Waals surface area contributed by atoms with E-state index in [1.165, 1.54) is 14.7 Å². The van der Waals surface area contributed by atoms with E-state index in [9.17, 15) is 9.59 Å². The van der Waals surface area contributed by atoms with Gasteiger partial charge in [0.2, 0.25) is 0 Å². The molecule has 45 heavy (non-hydrogen) atoms. The van der Waals surface area contributed by atoms with Gasteiger partial charge in [0, 0.05) is 45.2 Å². The van der Waals surface area contributed by atoms with Crippen molar-refractivity contribution in [2.24, 2.45) is 0 Å². The molecule has 224 valence electrons. The van der Waals surface area contributed by atoms with Crippen LogP contribution in [0.2, 0.25) is 0 Å². The van der Waals surface area contributed by atoms with Crippen molar-refractivity contribution in [1.82, 2.24) is 0 Å². The highest BCUT2D eigenvalue weighted by Crippen LogP contribution is 2.28. The first-order valence-electron chi connectivity index (χ1n) is 13.7. The Morgan fingerprint density at radius 3 is 1.02 bits per heavy atom. The van der Waals surface area contributed by atoms with Gasteiger partial charge >= 0.3 is 0 Å². The van der Waals surface area contributed by atoms with Crippen molar-refractivity contribution in [3.8, 4) is 0 Å². The summed E-state index contributed by atoms with van der Waals surface area (Å²) in [5, 5.41) is -0.424. The number of hydrogen-bond donors (Lipinski definition) is 0. The second-order valence-corrected chi connectivity index (χ2v) is 13.8. The van der Waals surface area contributed by atoms with E-state index in [1.54, 1.807) is 47.8 Å². The molecule has 0 unspecified atom stereocenters. The number of ketones is 1. The van der Waals surface area contributed by atoms with Gasteiger partial charge in [-0.25, -0.2) is 0 Å². The minimum atomic E-state index is -0.424. The smallest absolute Gasteiger partial charge is 0.252 e. The van der Waals surface area contributed by atoms with Crippen LogP contribution in [-0.4, -0.2) is 11.0 Å². The van der Waals surface area contributed by atoms with Crippen molar-refractivity contribution in [1.29, 1.82) is 0 Å². The van der Waals surface area contributed by atoms with E-state index in [1.807, 2.05) is 78.9 Å². The predicted molar refractivity (Wildman–Crippen MR) is 196 cm³/mol. The van der Waals surface area contributed by atoms with E-state index in [2.05, 4.69) is 92.5 Å². The Bertz CT molecular complexity index is 1730. The zero-order chi connectivity index (χ0) is 31.9. The Kier molecular flexibility index (Phi) is 14.2. The molecule has 0 heterocycles. The third-order valence-electron chi connectivity index (χ3n) is 6.00. The molecule has 0 radical (unpaired) electrons. The Morgan fingerprint density at radius 2 is 0.689 bits per heavy atom. The summed E-state index contributed by atoms with van der Waals surface area (Å²) < 4.78 is 1.91. The van der Waals surface area contributed by atoms with Gasteiger partial charge in [0.25, 0.3) is 5.24 Å². The van der Waals surface area contributed by atoms with Gasteiger partial charge in [-0.1, -0.05) is 110 Å². The van der Waals surface area contributed by atoms with Gasteiger partial charge in [0.05, 0.1) is 0 Å². The summed E-state index contributed by atoms with van der Waals surface area (Å²) in [6.07, 6.45) is 0. The number of benzene rings is 6. The Hall–Kier alpha value is -3.39. The molecule has 0 atom stereocenters. The van der Waals surface area contributed by atoms with Gasteiger partial charge < -0.3 is 0 Å². The molecule has 7 heteroatoms. The second-order valence-electron chi connectivity index (χ2n) is 9.28. The minimum absolute atomic E-state index is 0.0451. The van der Waals surface area contributed by atoms with Gasteiger partial charge in [-0.2, -0.15) is 0 Å². The van der Waals surface area contributed by atoms with Crippen LogP contribution in [0.4, 0.5) is 0 Å². The molecule has 0 saturated carbocycles. The van der Waals surface area contributed by atoms with Crippen molar-refractivity contribution >= 4 is 78.0 Å². The summed E-state index contributed by atoms with van der Waals surface area (Å²) in [5.41, 5.74) is 1.93.